The summed E-state index contributed by atoms with van der Waals surface area (Å²) in [5.74, 6) is 0.418. The molecular weight excluding hydrogens is 212 g/mol. The number of hydrogen-bond donors (Lipinski definition) is 1. The molecule has 0 aliphatic heterocycles. The quantitative estimate of drug-likeness (QED) is 0.327. The minimum absolute atomic E-state index is 0.0236. The van der Waals surface area contributed by atoms with E-state index in [4.69, 9.17) is 5.73 Å². The van der Waals surface area contributed by atoms with Crippen molar-refractivity contribution in [2.24, 2.45) is 10.7 Å². The summed E-state index contributed by atoms with van der Waals surface area (Å²) >= 11 is 0. The highest BCUT2D eigenvalue weighted by atomic mass is 16.6. The number of aromatic nitrogens is 2. The highest BCUT2D eigenvalue weighted by molar-refractivity contribution is 5.77. The lowest BCUT2D eigenvalue weighted by Crippen LogP contribution is -2.30. The summed E-state index contributed by atoms with van der Waals surface area (Å²) in [7, 11) is 3.58. The van der Waals surface area contributed by atoms with Gasteiger partial charge in [-0.15, -0.1) is 0 Å². The van der Waals surface area contributed by atoms with Gasteiger partial charge in [0, 0.05) is 14.1 Å². The van der Waals surface area contributed by atoms with Crippen molar-refractivity contribution in [1.82, 2.24) is 14.7 Å². The molecule has 1 rings (SSSR count). The van der Waals surface area contributed by atoms with Crippen LogP contribution >= 0.6 is 0 Å². The van der Waals surface area contributed by atoms with E-state index in [-0.39, 0.29) is 5.69 Å². The smallest absolute Gasteiger partial charge is 0.306 e. The van der Waals surface area contributed by atoms with Crippen molar-refractivity contribution >= 4 is 11.6 Å². The van der Waals surface area contributed by atoms with Crippen LogP contribution in [0.5, 0.6) is 0 Å². The van der Waals surface area contributed by atoms with Crippen LogP contribution in [0.25, 0.3) is 0 Å². The summed E-state index contributed by atoms with van der Waals surface area (Å²) < 4.78 is 1.46. The number of guanidine groups is 1. The van der Waals surface area contributed by atoms with E-state index in [2.05, 4.69) is 10.1 Å². The molecule has 0 unspecified atom stereocenters. The van der Waals surface area contributed by atoms with Crippen molar-refractivity contribution in [3.8, 4) is 0 Å². The van der Waals surface area contributed by atoms with Crippen LogP contribution in [0.3, 0.4) is 0 Å². The van der Waals surface area contributed by atoms with Gasteiger partial charge in [0.1, 0.15) is 12.4 Å². The molecule has 0 aliphatic carbocycles. The van der Waals surface area contributed by atoms with Crippen molar-refractivity contribution in [1.29, 1.82) is 0 Å². The van der Waals surface area contributed by atoms with Gasteiger partial charge in [0.15, 0.2) is 5.96 Å². The van der Waals surface area contributed by atoms with Gasteiger partial charge in [-0.05, 0) is 0 Å². The number of hydrogen-bond acceptors (Lipinski definition) is 4. The molecule has 1 aromatic rings. The van der Waals surface area contributed by atoms with Crippen LogP contribution in [0, 0.1) is 10.1 Å². The van der Waals surface area contributed by atoms with E-state index in [1.807, 2.05) is 0 Å². The fourth-order valence-electron chi connectivity index (χ4n) is 0.978. The topological polar surface area (TPSA) is 103 Å². The van der Waals surface area contributed by atoms with Gasteiger partial charge in [-0.25, -0.2) is 0 Å². The van der Waals surface area contributed by atoms with E-state index < -0.39 is 4.92 Å². The molecule has 0 aromatic carbocycles. The summed E-state index contributed by atoms with van der Waals surface area (Å²) in [6.45, 7) is 0.894. The van der Waals surface area contributed by atoms with Gasteiger partial charge in [0.2, 0.25) is 0 Å². The molecule has 88 valence electrons. The Balaban J connectivity index is 2.49. The first kappa shape index (κ1) is 12.0. The van der Waals surface area contributed by atoms with Crippen LogP contribution in [-0.2, 0) is 6.54 Å². The standard InChI is InChI=1S/C8H14N6O2/c1-12(2)8(9)10-3-4-13-6-7(5-11-13)14(15)16/h5-6H,3-4H2,1-2H3,(H2,9,10). The van der Waals surface area contributed by atoms with Crippen LogP contribution in [0.4, 0.5) is 5.69 Å². The maximum atomic E-state index is 10.4. The van der Waals surface area contributed by atoms with Crippen LogP contribution in [-0.4, -0.2) is 46.2 Å². The van der Waals surface area contributed by atoms with E-state index >= 15 is 0 Å². The second-order valence-corrected chi connectivity index (χ2v) is 3.35. The van der Waals surface area contributed by atoms with E-state index in [1.165, 1.54) is 17.1 Å². The van der Waals surface area contributed by atoms with Gasteiger partial charge in [-0.3, -0.25) is 19.8 Å². The third kappa shape index (κ3) is 3.23. The SMILES string of the molecule is CN(C)C(N)=NCCn1cc([N+](=O)[O-])cn1. The van der Waals surface area contributed by atoms with Crippen molar-refractivity contribution in [3.63, 3.8) is 0 Å². The number of nitrogens with zero attached hydrogens (tertiary/aromatic N) is 5. The van der Waals surface area contributed by atoms with Gasteiger partial charge in [0.25, 0.3) is 0 Å². The largest absolute Gasteiger partial charge is 0.370 e. The molecular formula is C8H14N6O2. The highest BCUT2D eigenvalue weighted by Crippen LogP contribution is 2.07. The Morgan fingerprint density at radius 2 is 2.44 bits per heavy atom. The highest BCUT2D eigenvalue weighted by Gasteiger charge is 2.07. The Morgan fingerprint density at radius 1 is 1.75 bits per heavy atom. The van der Waals surface area contributed by atoms with E-state index in [0.717, 1.165) is 0 Å². The Hall–Kier alpha value is -2.12. The zero-order valence-electron chi connectivity index (χ0n) is 9.20. The summed E-state index contributed by atoms with van der Waals surface area (Å²) in [5.41, 5.74) is 5.55. The maximum Gasteiger partial charge on any atom is 0.306 e. The average Bonchev–Trinajstić information content (AvgIpc) is 2.66. The molecule has 0 aliphatic rings. The molecule has 0 saturated carbocycles. The van der Waals surface area contributed by atoms with Gasteiger partial charge >= 0.3 is 5.69 Å². The van der Waals surface area contributed by atoms with Crippen LogP contribution in [0.2, 0.25) is 0 Å². The van der Waals surface area contributed by atoms with E-state index in [1.54, 1.807) is 19.0 Å². The monoisotopic (exact) mass is 226 g/mol. The Kier molecular flexibility index (Phi) is 3.81. The zero-order chi connectivity index (χ0) is 12.1. The van der Waals surface area contributed by atoms with Crippen molar-refractivity contribution in [2.75, 3.05) is 20.6 Å². The molecule has 1 heterocycles. The maximum absolute atomic E-state index is 10.4. The molecule has 0 spiro atoms. The molecule has 16 heavy (non-hydrogen) atoms. The number of nitrogens with two attached hydrogens (primary N) is 1. The molecule has 0 radical (unpaired) electrons. The lowest BCUT2D eigenvalue weighted by atomic mass is 10.6. The molecule has 2 N–H and O–H groups in total. The number of nitro groups is 1. The first-order valence-corrected chi connectivity index (χ1v) is 4.65. The summed E-state index contributed by atoms with van der Waals surface area (Å²) in [5, 5.41) is 14.2. The van der Waals surface area contributed by atoms with E-state index in [9.17, 15) is 10.1 Å². The van der Waals surface area contributed by atoms with E-state index in [0.29, 0.717) is 19.0 Å². The zero-order valence-corrected chi connectivity index (χ0v) is 9.20. The molecule has 0 bridgehead atoms. The third-order valence-electron chi connectivity index (χ3n) is 1.89. The normalized spacial score (nSPS) is 11.5. The van der Waals surface area contributed by atoms with Gasteiger partial charge in [0.05, 0.1) is 18.0 Å². The van der Waals surface area contributed by atoms with Gasteiger partial charge in [-0.2, -0.15) is 5.10 Å². The lowest BCUT2D eigenvalue weighted by molar-refractivity contribution is -0.385. The second-order valence-electron chi connectivity index (χ2n) is 3.35. The number of rotatable bonds is 4. The molecule has 0 amide bonds. The predicted molar refractivity (Wildman–Crippen MR) is 59.1 cm³/mol. The minimum Gasteiger partial charge on any atom is -0.370 e. The average molecular weight is 226 g/mol. The summed E-state index contributed by atoms with van der Waals surface area (Å²) in [6.07, 6.45) is 2.57. The summed E-state index contributed by atoms with van der Waals surface area (Å²) in [6, 6.07) is 0. The fourth-order valence-corrected chi connectivity index (χ4v) is 0.978. The Labute approximate surface area is 92.5 Å². The molecule has 0 atom stereocenters. The fraction of sp³-hybridized carbons (Fsp3) is 0.500. The predicted octanol–water partition coefficient (Wildman–Crippen LogP) is -0.332. The molecule has 8 heteroatoms. The molecule has 0 saturated heterocycles. The van der Waals surface area contributed by atoms with Gasteiger partial charge in [-0.1, -0.05) is 0 Å². The second kappa shape index (κ2) is 5.10. The first-order chi connectivity index (χ1) is 7.50. The van der Waals surface area contributed by atoms with Crippen molar-refractivity contribution in [2.45, 2.75) is 6.54 Å². The van der Waals surface area contributed by atoms with Gasteiger partial charge < -0.3 is 10.6 Å². The summed E-state index contributed by atoms with van der Waals surface area (Å²) in [4.78, 5) is 15.6. The molecule has 0 fully saturated rings. The molecule has 8 nitrogen and oxygen atoms in total. The Bertz CT molecular complexity index is 397. The van der Waals surface area contributed by atoms with Crippen LogP contribution in [0.1, 0.15) is 0 Å². The third-order valence-corrected chi connectivity index (χ3v) is 1.89. The minimum atomic E-state index is -0.485. The Morgan fingerprint density at radius 3 is 2.94 bits per heavy atom. The number of aliphatic imine (C=N–C) groups is 1. The van der Waals surface area contributed by atoms with Crippen LogP contribution in [0.15, 0.2) is 17.4 Å². The first-order valence-electron chi connectivity index (χ1n) is 4.65. The van der Waals surface area contributed by atoms with Crippen molar-refractivity contribution < 1.29 is 4.92 Å². The lowest BCUT2D eigenvalue weighted by Gasteiger charge is -2.10. The van der Waals surface area contributed by atoms with Crippen molar-refractivity contribution in [3.05, 3.63) is 22.5 Å². The molecule has 1 aromatic heterocycles. The van der Waals surface area contributed by atoms with Crippen LogP contribution < -0.4 is 5.73 Å².